The summed E-state index contributed by atoms with van der Waals surface area (Å²) < 4.78 is 26.7. The van der Waals surface area contributed by atoms with Gasteiger partial charge in [0.05, 0.1) is 15.5 Å². The minimum Gasteiger partial charge on any atom is -0.325 e. The highest BCUT2D eigenvalue weighted by Gasteiger charge is 2.32. The van der Waals surface area contributed by atoms with Gasteiger partial charge in [0.2, 0.25) is 15.9 Å². The number of hydrogen-bond donors (Lipinski definition) is 1. The fraction of sp³-hybridized carbons (Fsp3) is 0.316. The molecule has 0 aliphatic carbocycles. The number of piperidine rings is 1. The Labute approximate surface area is 163 Å². The van der Waals surface area contributed by atoms with Crippen LogP contribution in [0, 0.1) is 23.0 Å². The minimum absolute atomic E-state index is 0.0929. The molecule has 2 aromatic rings. The molecular formula is C19H21N3O5S. The van der Waals surface area contributed by atoms with Crippen LogP contribution in [0.3, 0.4) is 0 Å². The molecule has 0 radical (unpaired) electrons. The van der Waals surface area contributed by atoms with Gasteiger partial charge in [0.15, 0.2) is 0 Å². The second-order valence-electron chi connectivity index (χ2n) is 6.74. The largest absolute Gasteiger partial charge is 0.325 e. The normalized spacial score (nSPS) is 15.9. The molecule has 28 heavy (non-hydrogen) atoms. The summed E-state index contributed by atoms with van der Waals surface area (Å²) >= 11 is 0. The first-order chi connectivity index (χ1) is 13.3. The maximum absolute atomic E-state index is 12.7. The van der Waals surface area contributed by atoms with Crippen molar-refractivity contribution in [1.82, 2.24) is 4.31 Å². The SMILES string of the molecule is Cc1ccc([N+](=O)[O-])cc1NC(=O)C1CCN(S(=O)(=O)c2ccccc2)CC1. The van der Waals surface area contributed by atoms with Crippen LogP contribution in [0.25, 0.3) is 0 Å². The third-order valence-corrected chi connectivity index (χ3v) is 6.81. The number of sulfonamides is 1. The van der Waals surface area contributed by atoms with E-state index in [-0.39, 0.29) is 35.5 Å². The molecule has 0 saturated carbocycles. The average molecular weight is 403 g/mol. The molecule has 1 heterocycles. The Bertz CT molecular complexity index is 984. The van der Waals surface area contributed by atoms with Crippen LogP contribution in [0.2, 0.25) is 0 Å². The predicted molar refractivity (Wildman–Crippen MR) is 104 cm³/mol. The Morgan fingerprint density at radius 3 is 2.39 bits per heavy atom. The number of aryl methyl sites for hydroxylation is 1. The van der Waals surface area contributed by atoms with E-state index in [1.165, 1.54) is 16.4 Å². The van der Waals surface area contributed by atoms with E-state index in [1.807, 2.05) is 0 Å². The van der Waals surface area contributed by atoms with E-state index in [0.29, 0.717) is 18.5 Å². The average Bonchev–Trinajstić information content (AvgIpc) is 2.70. The third-order valence-electron chi connectivity index (χ3n) is 4.90. The van der Waals surface area contributed by atoms with Gasteiger partial charge in [-0.3, -0.25) is 14.9 Å². The molecule has 1 N–H and O–H groups in total. The van der Waals surface area contributed by atoms with Gasteiger partial charge >= 0.3 is 0 Å². The number of anilines is 1. The van der Waals surface area contributed by atoms with E-state index in [4.69, 9.17) is 0 Å². The van der Waals surface area contributed by atoms with E-state index in [2.05, 4.69) is 5.32 Å². The van der Waals surface area contributed by atoms with Crippen molar-refractivity contribution in [3.05, 3.63) is 64.2 Å². The zero-order valence-electron chi connectivity index (χ0n) is 15.4. The van der Waals surface area contributed by atoms with Crippen LogP contribution in [0.1, 0.15) is 18.4 Å². The second-order valence-corrected chi connectivity index (χ2v) is 8.67. The Morgan fingerprint density at radius 2 is 1.79 bits per heavy atom. The first kappa shape index (κ1) is 20.0. The van der Waals surface area contributed by atoms with Crippen molar-refractivity contribution in [2.75, 3.05) is 18.4 Å². The van der Waals surface area contributed by atoms with Crippen LogP contribution in [0.15, 0.2) is 53.4 Å². The van der Waals surface area contributed by atoms with E-state index >= 15 is 0 Å². The molecule has 8 nitrogen and oxygen atoms in total. The lowest BCUT2D eigenvalue weighted by atomic mass is 9.97. The molecule has 0 bridgehead atoms. The molecule has 0 atom stereocenters. The summed E-state index contributed by atoms with van der Waals surface area (Å²) in [5.41, 5.74) is 1.03. The van der Waals surface area contributed by atoms with E-state index in [0.717, 1.165) is 5.56 Å². The van der Waals surface area contributed by atoms with E-state index < -0.39 is 14.9 Å². The topological polar surface area (TPSA) is 110 Å². The second kappa shape index (κ2) is 8.07. The molecule has 0 aromatic heterocycles. The number of hydrogen-bond acceptors (Lipinski definition) is 5. The van der Waals surface area contributed by atoms with Gasteiger partial charge in [-0.05, 0) is 37.5 Å². The number of carbonyl (C=O) groups is 1. The van der Waals surface area contributed by atoms with E-state index in [1.54, 1.807) is 43.3 Å². The summed E-state index contributed by atoms with van der Waals surface area (Å²) in [5.74, 6) is -0.596. The highest BCUT2D eigenvalue weighted by atomic mass is 32.2. The lowest BCUT2D eigenvalue weighted by Crippen LogP contribution is -2.41. The number of rotatable bonds is 5. The van der Waals surface area contributed by atoms with Gasteiger partial charge in [0.1, 0.15) is 0 Å². The molecule has 0 unspecified atom stereocenters. The number of carbonyl (C=O) groups excluding carboxylic acids is 1. The summed E-state index contributed by atoms with van der Waals surface area (Å²) in [5, 5.41) is 13.7. The van der Waals surface area contributed by atoms with Crippen molar-refractivity contribution in [2.45, 2.75) is 24.7 Å². The summed E-state index contributed by atoms with van der Waals surface area (Å²) in [6.45, 7) is 2.26. The molecule has 1 saturated heterocycles. The van der Waals surface area contributed by atoms with Gasteiger partial charge in [0, 0.05) is 31.1 Å². The standard InChI is InChI=1S/C19H21N3O5S/c1-14-7-8-16(22(24)25)13-18(14)20-19(23)15-9-11-21(12-10-15)28(26,27)17-5-3-2-4-6-17/h2-8,13,15H,9-12H2,1H3,(H,20,23). The molecular weight excluding hydrogens is 382 g/mol. The fourth-order valence-electron chi connectivity index (χ4n) is 3.19. The van der Waals surface area contributed by atoms with Crippen molar-refractivity contribution in [3.63, 3.8) is 0 Å². The molecule has 0 spiro atoms. The van der Waals surface area contributed by atoms with Crippen molar-refractivity contribution in [1.29, 1.82) is 0 Å². The highest BCUT2D eigenvalue weighted by Crippen LogP contribution is 2.27. The summed E-state index contributed by atoms with van der Waals surface area (Å²) in [4.78, 5) is 23.2. The number of non-ortho nitro benzene ring substituents is 1. The molecule has 1 aliphatic heterocycles. The number of benzene rings is 2. The predicted octanol–water partition coefficient (Wildman–Crippen LogP) is 2.94. The zero-order valence-corrected chi connectivity index (χ0v) is 16.2. The summed E-state index contributed by atoms with van der Waals surface area (Å²) in [6.07, 6.45) is 0.789. The van der Waals surface area contributed by atoms with Crippen LogP contribution >= 0.6 is 0 Å². The summed E-state index contributed by atoms with van der Waals surface area (Å²) in [6, 6.07) is 12.5. The van der Waals surface area contributed by atoms with Gasteiger partial charge in [0.25, 0.3) is 5.69 Å². The van der Waals surface area contributed by atoms with E-state index in [9.17, 15) is 23.3 Å². The van der Waals surface area contributed by atoms with Gasteiger partial charge < -0.3 is 5.32 Å². The quantitative estimate of drug-likeness (QED) is 0.610. The fourth-order valence-corrected chi connectivity index (χ4v) is 4.68. The van der Waals surface area contributed by atoms with Gasteiger partial charge in [-0.25, -0.2) is 8.42 Å². The van der Waals surface area contributed by atoms with Crippen LogP contribution in [0.4, 0.5) is 11.4 Å². The van der Waals surface area contributed by atoms with Crippen LogP contribution in [-0.2, 0) is 14.8 Å². The van der Waals surface area contributed by atoms with Crippen molar-refractivity contribution < 1.29 is 18.1 Å². The zero-order chi connectivity index (χ0) is 20.3. The highest BCUT2D eigenvalue weighted by molar-refractivity contribution is 7.89. The molecule has 3 rings (SSSR count). The Kier molecular flexibility index (Phi) is 5.76. The smallest absolute Gasteiger partial charge is 0.271 e. The third kappa shape index (κ3) is 4.20. The first-order valence-electron chi connectivity index (χ1n) is 8.90. The van der Waals surface area contributed by atoms with Gasteiger partial charge in [-0.15, -0.1) is 0 Å². The Balaban J connectivity index is 1.65. The molecule has 1 fully saturated rings. The molecule has 1 amide bonds. The number of nitro groups is 1. The van der Waals surface area contributed by atoms with Crippen LogP contribution < -0.4 is 5.32 Å². The lowest BCUT2D eigenvalue weighted by Gasteiger charge is -2.30. The van der Waals surface area contributed by atoms with Gasteiger partial charge in [-0.1, -0.05) is 24.3 Å². The number of nitrogens with zero attached hydrogens (tertiary/aromatic N) is 2. The molecule has 9 heteroatoms. The number of nitro benzene ring substituents is 1. The van der Waals surface area contributed by atoms with Crippen LogP contribution in [0.5, 0.6) is 0 Å². The number of amides is 1. The van der Waals surface area contributed by atoms with Crippen molar-refractivity contribution in [2.24, 2.45) is 5.92 Å². The summed E-state index contributed by atoms with van der Waals surface area (Å²) in [7, 11) is -3.57. The Hall–Kier alpha value is -2.78. The molecule has 148 valence electrons. The van der Waals surface area contributed by atoms with Crippen molar-refractivity contribution in [3.8, 4) is 0 Å². The van der Waals surface area contributed by atoms with Crippen LogP contribution in [-0.4, -0.2) is 36.6 Å². The molecule has 2 aromatic carbocycles. The number of nitrogens with one attached hydrogen (secondary N) is 1. The van der Waals surface area contributed by atoms with Gasteiger partial charge in [-0.2, -0.15) is 4.31 Å². The first-order valence-corrected chi connectivity index (χ1v) is 10.3. The van der Waals surface area contributed by atoms with Crippen molar-refractivity contribution >= 4 is 27.3 Å². The monoisotopic (exact) mass is 403 g/mol. The Morgan fingerprint density at radius 1 is 1.14 bits per heavy atom. The maximum Gasteiger partial charge on any atom is 0.271 e. The maximum atomic E-state index is 12.7. The molecule has 1 aliphatic rings. The lowest BCUT2D eigenvalue weighted by molar-refractivity contribution is -0.384. The minimum atomic E-state index is -3.57.